The van der Waals surface area contributed by atoms with Crippen molar-refractivity contribution in [1.29, 1.82) is 0 Å². The van der Waals surface area contributed by atoms with Gasteiger partial charge in [0.05, 0.1) is 0 Å². The minimum Gasteiger partial charge on any atom is -0.440 e. The van der Waals surface area contributed by atoms with Crippen molar-refractivity contribution in [2.75, 3.05) is 0 Å². The highest BCUT2D eigenvalue weighted by molar-refractivity contribution is 6.89. The second-order valence-corrected chi connectivity index (χ2v) is 25.9. The Bertz CT molecular complexity index is 313. The van der Waals surface area contributed by atoms with Crippen molar-refractivity contribution in [3.8, 4) is 0 Å². The maximum atomic E-state index is 6.36. The molecule has 0 atom stereocenters. The zero-order valence-electron chi connectivity index (χ0n) is 15.2. The molecule has 0 bridgehead atoms. The van der Waals surface area contributed by atoms with Gasteiger partial charge in [0, 0.05) is 0 Å². The van der Waals surface area contributed by atoms with E-state index >= 15 is 0 Å². The van der Waals surface area contributed by atoms with Crippen LogP contribution in [-0.2, 0) is 16.5 Å². The molecule has 0 fully saturated rings. The van der Waals surface area contributed by atoms with E-state index in [0.29, 0.717) is 0 Å². The third-order valence-electron chi connectivity index (χ3n) is 2.05. The van der Waals surface area contributed by atoms with E-state index in [9.17, 15) is 0 Å². The molecule has 0 spiro atoms. The molecule has 0 aromatic heterocycles. The van der Waals surface area contributed by atoms with Crippen molar-refractivity contribution in [2.24, 2.45) is 0 Å². The third-order valence-corrected chi connectivity index (χ3v) is 18.5. The van der Waals surface area contributed by atoms with E-state index in [2.05, 4.69) is 72.0 Å². The molecule has 21 heavy (non-hydrogen) atoms. The average molecular weight is 387 g/mol. The fourth-order valence-electron chi connectivity index (χ4n) is 2.55. The molecule has 0 aliphatic rings. The largest absolute Gasteiger partial charge is 0.440 e. The highest BCUT2D eigenvalue weighted by Gasteiger charge is 2.43. The molecule has 0 heterocycles. The predicted octanol–water partition coefficient (Wildman–Crippen LogP) is 4.61. The van der Waals surface area contributed by atoms with Crippen molar-refractivity contribution in [3.63, 3.8) is 0 Å². The Kier molecular flexibility index (Phi) is 9.38. The summed E-state index contributed by atoms with van der Waals surface area (Å²) in [5, 5.41) is 0. The second kappa shape index (κ2) is 8.15. The van der Waals surface area contributed by atoms with E-state index in [0.717, 1.165) is 0 Å². The lowest BCUT2D eigenvalue weighted by Crippen LogP contribution is -2.57. The first-order valence-corrected chi connectivity index (χ1v) is 22.0. The lowest BCUT2D eigenvalue weighted by atomic mass is 11.8. The van der Waals surface area contributed by atoms with Crippen molar-refractivity contribution >= 4 is 43.0 Å². The van der Waals surface area contributed by atoms with Gasteiger partial charge in [0.2, 0.25) is 0 Å². The van der Waals surface area contributed by atoms with Gasteiger partial charge in [0.25, 0.3) is 0 Å². The SMILES string of the molecule is C.C[SiH](C)O[Si](C)(C)O[Si](C)(C)O[Si](C)(C)O[Si](C)(C)C. The Morgan fingerprint density at radius 3 is 1.24 bits per heavy atom. The van der Waals surface area contributed by atoms with Crippen molar-refractivity contribution in [2.45, 2.75) is 79.4 Å². The predicted molar refractivity (Wildman–Crippen MR) is 106 cm³/mol. The molecule has 0 aromatic rings. The zero-order chi connectivity index (χ0) is 16.4. The van der Waals surface area contributed by atoms with Crippen LogP contribution in [0, 0.1) is 0 Å². The van der Waals surface area contributed by atoms with Crippen molar-refractivity contribution < 1.29 is 16.5 Å². The highest BCUT2D eigenvalue weighted by atomic mass is 28.5. The van der Waals surface area contributed by atoms with E-state index in [-0.39, 0.29) is 7.43 Å². The van der Waals surface area contributed by atoms with Crippen LogP contribution in [0.2, 0.25) is 72.0 Å². The highest BCUT2D eigenvalue weighted by Crippen LogP contribution is 2.24. The summed E-state index contributed by atoms with van der Waals surface area (Å²) in [6, 6.07) is 0. The van der Waals surface area contributed by atoms with Gasteiger partial charge in [0.1, 0.15) is 0 Å². The number of hydrogen-bond acceptors (Lipinski definition) is 4. The quantitative estimate of drug-likeness (QED) is 0.571. The molecule has 0 aliphatic carbocycles. The molecule has 9 heteroatoms. The Labute approximate surface area is 139 Å². The summed E-state index contributed by atoms with van der Waals surface area (Å²) >= 11 is 0. The molecule has 0 amide bonds. The fraction of sp³-hybridized carbons (Fsp3) is 1.00. The van der Waals surface area contributed by atoms with Gasteiger partial charge in [-0.05, 0) is 72.0 Å². The maximum absolute atomic E-state index is 6.36. The summed E-state index contributed by atoms with van der Waals surface area (Å²) in [5.74, 6) is 0. The van der Waals surface area contributed by atoms with Gasteiger partial charge in [-0.25, -0.2) is 0 Å². The number of rotatable bonds is 8. The Hall–Kier alpha value is 0.924. The second-order valence-electron chi connectivity index (χ2n) is 7.78. The molecule has 0 rings (SSSR count). The van der Waals surface area contributed by atoms with Crippen LogP contribution in [0.4, 0.5) is 0 Å². The Morgan fingerprint density at radius 2 is 0.905 bits per heavy atom. The molecular weight excluding hydrogens is 349 g/mol. The molecule has 0 N–H and O–H groups in total. The molecule has 0 radical (unpaired) electrons. The molecule has 0 aliphatic heterocycles. The van der Waals surface area contributed by atoms with Gasteiger partial charge in [-0.1, -0.05) is 7.43 Å². The topological polar surface area (TPSA) is 36.9 Å². The molecule has 0 saturated heterocycles. The lowest BCUT2D eigenvalue weighted by molar-refractivity contribution is 0.302. The molecule has 0 unspecified atom stereocenters. The first-order chi connectivity index (χ1) is 8.54. The summed E-state index contributed by atoms with van der Waals surface area (Å²) in [7, 11) is -9.11. The fourth-order valence-corrected chi connectivity index (χ4v) is 24.2. The average Bonchev–Trinajstić information content (AvgIpc) is 1.86. The minimum atomic E-state index is -2.22. The monoisotopic (exact) mass is 386 g/mol. The van der Waals surface area contributed by atoms with Crippen molar-refractivity contribution in [3.05, 3.63) is 0 Å². The summed E-state index contributed by atoms with van der Waals surface area (Å²) in [5.41, 5.74) is 0. The van der Waals surface area contributed by atoms with Gasteiger partial charge in [-0.2, -0.15) is 0 Å². The molecule has 130 valence electrons. The molecular formula is C12H38O4Si5. The van der Waals surface area contributed by atoms with Gasteiger partial charge < -0.3 is 16.5 Å². The molecule has 0 aromatic carbocycles. The summed E-state index contributed by atoms with van der Waals surface area (Å²) in [6.45, 7) is 23.7. The first-order valence-electron chi connectivity index (χ1n) is 7.32. The van der Waals surface area contributed by atoms with Crippen molar-refractivity contribution in [1.82, 2.24) is 0 Å². The van der Waals surface area contributed by atoms with E-state index < -0.39 is 43.0 Å². The Morgan fingerprint density at radius 1 is 0.571 bits per heavy atom. The van der Waals surface area contributed by atoms with Gasteiger partial charge >= 0.3 is 25.7 Å². The van der Waals surface area contributed by atoms with Crippen LogP contribution in [0.25, 0.3) is 0 Å². The standard InChI is InChI=1S/C11H34O4Si5.CH4/c1-16(2)12-18(6,7)14-20(10,11)15-19(8,9)13-17(3,4)5;/h16H,1-11H3;1H4. The van der Waals surface area contributed by atoms with Crippen LogP contribution in [0.3, 0.4) is 0 Å². The van der Waals surface area contributed by atoms with Crippen LogP contribution in [0.5, 0.6) is 0 Å². The van der Waals surface area contributed by atoms with E-state index in [1.807, 2.05) is 0 Å². The summed E-state index contributed by atoms with van der Waals surface area (Å²) in [6.07, 6.45) is 0. The smallest absolute Gasteiger partial charge is 0.314 e. The van der Waals surface area contributed by atoms with Crippen LogP contribution in [0.15, 0.2) is 0 Å². The van der Waals surface area contributed by atoms with Gasteiger partial charge in [-0.3, -0.25) is 0 Å². The maximum Gasteiger partial charge on any atom is 0.314 e. The van der Waals surface area contributed by atoms with E-state index in [4.69, 9.17) is 16.5 Å². The summed E-state index contributed by atoms with van der Waals surface area (Å²) < 4.78 is 25.0. The third kappa shape index (κ3) is 13.1. The molecule has 0 saturated carbocycles. The van der Waals surface area contributed by atoms with Crippen LogP contribution < -0.4 is 0 Å². The summed E-state index contributed by atoms with van der Waals surface area (Å²) in [4.78, 5) is 0. The van der Waals surface area contributed by atoms with Gasteiger partial charge in [0.15, 0.2) is 17.4 Å². The molecule has 4 nitrogen and oxygen atoms in total. The number of hydrogen-bond donors (Lipinski definition) is 0. The van der Waals surface area contributed by atoms with Gasteiger partial charge in [-0.15, -0.1) is 0 Å². The van der Waals surface area contributed by atoms with E-state index in [1.165, 1.54) is 0 Å². The lowest BCUT2D eigenvalue weighted by Gasteiger charge is -2.40. The Balaban J connectivity index is 0. The normalized spacial score (nSPS) is 14.3. The minimum absolute atomic E-state index is 0. The van der Waals surface area contributed by atoms with Crippen LogP contribution in [-0.4, -0.2) is 43.0 Å². The first kappa shape index (κ1) is 24.2. The van der Waals surface area contributed by atoms with Crippen LogP contribution in [0.1, 0.15) is 7.43 Å². The van der Waals surface area contributed by atoms with E-state index in [1.54, 1.807) is 0 Å². The van der Waals surface area contributed by atoms with Crippen LogP contribution >= 0.6 is 0 Å². The zero-order valence-corrected chi connectivity index (χ0v) is 20.4.